The average molecular weight is 424 g/mol. The Bertz CT molecular complexity index is 895. The molecule has 166 valence electrons. The second-order valence-corrected chi connectivity index (χ2v) is 8.69. The van der Waals surface area contributed by atoms with Gasteiger partial charge >= 0.3 is 5.97 Å². The third-order valence-electron chi connectivity index (χ3n) is 7.12. The van der Waals surface area contributed by atoms with E-state index < -0.39 is 5.54 Å². The molecule has 0 aliphatic heterocycles. The first-order valence-corrected chi connectivity index (χ1v) is 11.3. The van der Waals surface area contributed by atoms with Crippen molar-refractivity contribution in [1.29, 1.82) is 0 Å². The molecular weight excluding hydrogens is 388 g/mol. The number of nitrogens with zero attached hydrogens (tertiary/aromatic N) is 1. The molecule has 0 atom stereocenters. The molecule has 0 spiro atoms. The number of quaternary nitrogens is 1. The zero-order valence-corrected chi connectivity index (χ0v) is 19.2. The molecule has 2 aromatic carbocycles. The second-order valence-electron chi connectivity index (χ2n) is 8.69. The predicted octanol–water partition coefficient (Wildman–Crippen LogP) is 4.76. The SMILES string of the molecule is CC[N+](CC)(CC(=O)OCc1ccccc1)C1(C(=O)Nc2c(C)cccc2C)CCC1. The number of likely N-dealkylation sites (N-methyl/N-ethyl adjacent to an activating group) is 1. The van der Waals surface area contributed by atoms with Gasteiger partial charge in [0.1, 0.15) is 6.61 Å². The Morgan fingerprint density at radius 2 is 1.58 bits per heavy atom. The number of rotatable bonds is 9. The third-order valence-corrected chi connectivity index (χ3v) is 7.12. The summed E-state index contributed by atoms with van der Waals surface area (Å²) in [6, 6.07) is 15.7. The van der Waals surface area contributed by atoms with Crippen molar-refractivity contribution in [3.05, 3.63) is 65.2 Å². The Hall–Kier alpha value is -2.66. The molecule has 1 aliphatic rings. The zero-order chi connectivity index (χ0) is 22.5. The molecule has 5 heteroatoms. The molecule has 1 N–H and O–H groups in total. The van der Waals surface area contributed by atoms with Gasteiger partial charge in [0.15, 0.2) is 12.1 Å². The van der Waals surface area contributed by atoms with Gasteiger partial charge in [0.2, 0.25) is 0 Å². The van der Waals surface area contributed by atoms with Gasteiger partial charge in [-0.3, -0.25) is 4.79 Å². The van der Waals surface area contributed by atoms with E-state index in [1.165, 1.54) is 0 Å². The normalized spacial score (nSPS) is 15.1. The van der Waals surface area contributed by atoms with E-state index in [2.05, 4.69) is 19.2 Å². The number of hydrogen-bond acceptors (Lipinski definition) is 3. The molecule has 2 aromatic rings. The van der Waals surface area contributed by atoms with Crippen molar-refractivity contribution in [2.45, 2.75) is 59.1 Å². The van der Waals surface area contributed by atoms with E-state index in [0.29, 0.717) is 17.6 Å². The Morgan fingerprint density at radius 3 is 2.10 bits per heavy atom. The molecule has 5 nitrogen and oxygen atoms in total. The number of ether oxygens (including phenoxy) is 1. The lowest BCUT2D eigenvalue weighted by Gasteiger charge is -2.55. The van der Waals surface area contributed by atoms with Crippen LogP contribution in [0, 0.1) is 13.8 Å². The van der Waals surface area contributed by atoms with E-state index in [9.17, 15) is 9.59 Å². The number of carbonyl (C=O) groups is 2. The van der Waals surface area contributed by atoms with Crippen LogP contribution >= 0.6 is 0 Å². The van der Waals surface area contributed by atoms with Crippen molar-refractivity contribution in [2.24, 2.45) is 0 Å². The first-order valence-electron chi connectivity index (χ1n) is 11.3. The van der Waals surface area contributed by atoms with Gasteiger partial charge < -0.3 is 14.5 Å². The highest BCUT2D eigenvalue weighted by Crippen LogP contribution is 2.44. The summed E-state index contributed by atoms with van der Waals surface area (Å²) in [5.74, 6) is -0.227. The highest BCUT2D eigenvalue weighted by molar-refractivity contribution is 5.99. The number of anilines is 1. The number of esters is 1. The Kier molecular flexibility index (Phi) is 7.16. The summed E-state index contributed by atoms with van der Waals surface area (Å²) in [6.45, 7) is 10.0. The maximum Gasteiger partial charge on any atom is 0.362 e. The smallest absolute Gasteiger partial charge is 0.362 e. The van der Waals surface area contributed by atoms with Crippen LogP contribution in [-0.2, 0) is 20.9 Å². The molecule has 1 saturated carbocycles. The lowest BCUT2D eigenvalue weighted by molar-refractivity contribution is -0.963. The molecular formula is C26H35N2O3+. The number of hydrogen-bond donors (Lipinski definition) is 1. The van der Waals surface area contributed by atoms with Crippen LogP contribution in [0.2, 0.25) is 0 Å². The molecule has 0 aromatic heterocycles. The fourth-order valence-electron chi connectivity index (χ4n) is 4.90. The third kappa shape index (κ3) is 4.52. The minimum atomic E-state index is -0.593. The van der Waals surface area contributed by atoms with Crippen LogP contribution in [0.5, 0.6) is 0 Å². The number of benzene rings is 2. The fraction of sp³-hybridized carbons (Fsp3) is 0.462. The van der Waals surface area contributed by atoms with Crippen LogP contribution in [0.3, 0.4) is 0 Å². The minimum Gasteiger partial charge on any atom is -0.457 e. The first-order chi connectivity index (χ1) is 14.9. The summed E-state index contributed by atoms with van der Waals surface area (Å²) in [6.07, 6.45) is 2.58. The summed E-state index contributed by atoms with van der Waals surface area (Å²) in [5, 5.41) is 3.22. The molecule has 0 unspecified atom stereocenters. The lowest BCUT2D eigenvalue weighted by atomic mass is 9.72. The summed E-state index contributed by atoms with van der Waals surface area (Å²) in [4.78, 5) is 26.5. The summed E-state index contributed by atoms with van der Waals surface area (Å²) < 4.78 is 6.03. The molecule has 31 heavy (non-hydrogen) atoms. The lowest BCUT2D eigenvalue weighted by Crippen LogP contribution is -2.73. The topological polar surface area (TPSA) is 55.4 Å². The zero-order valence-electron chi connectivity index (χ0n) is 19.2. The molecule has 1 fully saturated rings. The number of amides is 1. The number of nitrogens with one attached hydrogen (secondary N) is 1. The highest BCUT2D eigenvalue weighted by Gasteiger charge is 2.60. The van der Waals surface area contributed by atoms with Crippen molar-refractivity contribution >= 4 is 17.6 Å². The molecule has 1 aliphatic carbocycles. The number of carbonyl (C=O) groups excluding carboxylic acids is 2. The van der Waals surface area contributed by atoms with Crippen molar-refractivity contribution in [3.8, 4) is 0 Å². The van der Waals surface area contributed by atoms with E-state index >= 15 is 0 Å². The van der Waals surface area contributed by atoms with Crippen LogP contribution < -0.4 is 5.32 Å². The largest absolute Gasteiger partial charge is 0.457 e. The van der Waals surface area contributed by atoms with Crippen molar-refractivity contribution in [1.82, 2.24) is 0 Å². The highest BCUT2D eigenvalue weighted by atomic mass is 16.5. The standard InChI is InChI=1S/C26H34N2O3/c1-5-28(6-2,18-23(29)31-19-22-14-8-7-9-15-22)26(16-11-17-26)25(30)27-24-20(3)12-10-13-21(24)4/h7-10,12-15H,5-6,11,16-19H2,1-4H3/p+1. The molecule has 1 amide bonds. The van der Waals surface area contributed by atoms with Crippen LogP contribution in [0.15, 0.2) is 48.5 Å². The van der Waals surface area contributed by atoms with E-state index in [1.54, 1.807) is 0 Å². The van der Waals surface area contributed by atoms with Crippen molar-refractivity contribution in [2.75, 3.05) is 25.0 Å². The van der Waals surface area contributed by atoms with Gasteiger partial charge in [-0.05, 0) is 50.8 Å². The Morgan fingerprint density at radius 1 is 0.968 bits per heavy atom. The molecule has 0 saturated heterocycles. The van der Waals surface area contributed by atoms with Gasteiger partial charge in [0.05, 0.1) is 13.1 Å². The van der Waals surface area contributed by atoms with Gasteiger partial charge in [-0.25, -0.2) is 4.79 Å². The number of aryl methyl sites for hydroxylation is 2. The van der Waals surface area contributed by atoms with E-state index in [-0.39, 0.29) is 25.0 Å². The van der Waals surface area contributed by atoms with Gasteiger partial charge in [0.25, 0.3) is 5.91 Å². The van der Waals surface area contributed by atoms with Gasteiger partial charge in [-0.15, -0.1) is 0 Å². The quantitative estimate of drug-likeness (QED) is 0.467. The van der Waals surface area contributed by atoms with Crippen LogP contribution in [0.25, 0.3) is 0 Å². The molecule has 3 rings (SSSR count). The Labute approximate surface area is 186 Å². The van der Waals surface area contributed by atoms with Gasteiger partial charge in [0, 0.05) is 18.5 Å². The molecule has 0 heterocycles. The maximum absolute atomic E-state index is 13.7. The molecule has 0 bridgehead atoms. The summed E-state index contributed by atoms with van der Waals surface area (Å²) in [5.41, 5.74) is 3.36. The minimum absolute atomic E-state index is 0.0238. The fourth-order valence-corrected chi connectivity index (χ4v) is 4.90. The first kappa shape index (κ1) is 23.0. The van der Waals surface area contributed by atoms with E-state index in [0.717, 1.165) is 41.6 Å². The summed E-state index contributed by atoms with van der Waals surface area (Å²) in [7, 11) is 0. The second kappa shape index (κ2) is 9.65. The summed E-state index contributed by atoms with van der Waals surface area (Å²) >= 11 is 0. The predicted molar refractivity (Wildman–Crippen MR) is 124 cm³/mol. The Balaban J connectivity index is 1.79. The van der Waals surface area contributed by atoms with E-state index in [4.69, 9.17) is 4.74 Å². The van der Waals surface area contributed by atoms with E-state index in [1.807, 2.05) is 62.4 Å². The van der Waals surface area contributed by atoms with Crippen molar-refractivity contribution in [3.63, 3.8) is 0 Å². The number of para-hydroxylation sites is 1. The van der Waals surface area contributed by atoms with Crippen LogP contribution in [0.4, 0.5) is 5.69 Å². The van der Waals surface area contributed by atoms with Crippen LogP contribution in [0.1, 0.15) is 49.8 Å². The monoisotopic (exact) mass is 423 g/mol. The maximum atomic E-state index is 13.7. The molecule has 0 radical (unpaired) electrons. The van der Waals surface area contributed by atoms with Gasteiger partial charge in [-0.2, -0.15) is 0 Å². The van der Waals surface area contributed by atoms with Crippen LogP contribution in [-0.4, -0.2) is 41.5 Å². The van der Waals surface area contributed by atoms with Crippen molar-refractivity contribution < 1.29 is 18.8 Å². The van der Waals surface area contributed by atoms with Gasteiger partial charge in [-0.1, -0.05) is 48.5 Å². The average Bonchev–Trinajstić information content (AvgIpc) is 2.74.